The van der Waals surface area contributed by atoms with Crippen LogP contribution in [0.2, 0.25) is 0 Å². The lowest BCUT2D eigenvalue weighted by Crippen LogP contribution is -2.17. The van der Waals surface area contributed by atoms with E-state index in [2.05, 4.69) is 44.0 Å². The highest BCUT2D eigenvalue weighted by atomic mass is 16.5. The third kappa shape index (κ3) is 3.88. The van der Waals surface area contributed by atoms with Gasteiger partial charge in [-0.1, -0.05) is 49.4 Å². The molecule has 0 fully saturated rings. The van der Waals surface area contributed by atoms with Crippen LogP contribution < -0.4 is 0 Å². The lowest BCUT2D eigenvalue weighted by Gasteiger charge is -2.18. The molecule has 1 aliphatic rings. The fourth-order valence-electron chi connectivity index (χ4n) is 3.97. The SMILES string of the molecule is CCc1ccnc(C)c1C(O)c1ccc(-c2ccccc2C2=NC(C)(C)CO2)cc1. The second kappa shape index (κ2) is 8.04. The van der Waals surface area contributed by atoms with Crippen LogP contribution in [0.25, 0.3) is 11.1 Å². The van der Waals surface area contributed by atoms with Gasteiger partial charge >= 0.3 is 0 Å². The van der Waals surface area contributed by atoms with Crippen LogP contribution in [0.5, 0.6) is 0 Å². The number of aromatic nitrogens is 1. The maximum Gasteiger partial charge on any atom is 0.217 e. The van der Waals surface area contributed by atoms with Gasteiger partial charge < -0.3 is 9.84 Å². The molecule has 1 N–H and O–H groups in total. The third-order valence-electron chi connectivity index (χ3n) is 5.60. The number of pyridine rings is 1. The quantitative estimate of drug-likeness (QED) is 0.636. The number of hydrogen-bond acceptors (Lipinski definition) is 4. The molecule has 4 nitrogen and oxygen atoms in total. The van der Waals surface area contributed by atoms with E-state index in [9.17, 15) is 5.11 Å². The van der Waals surface area contributed by atoms with Crippen LogP contribution in [0.15, 0.2) is 65.8 Å². The van der Waals surface area contributed by atoms with E-state index < -0.39 is 6.10 Å². The van der Waals surface area contributed by atoms with Crippen molar-refractivity contribution >= 4 is 5.90 Å². The second-order valence-corrected chi connectivity index (χ2v) is 8.41. The Morgan fingerprint density at radius 2 is 1.73 bits per heavy atom. The molecule has 0 bridgehead atoms. The van der Waals surface area contributed by atoms with Crippen molar-refractivity contribution in [3.63, 3.8) is 0 Å². The number of hydrogen-bond donors (Lipinski definition) is 1. The van der Waals surface area contributed by atoms with Gasteiger partial charge in [-0.15, -0.1) is 0 Å². The van der Waals surface area contributed by atoms with Crippen LogP contribution in [0.1, 0.15) is 54.8 Å². The Morgan fingerprint density at radius 1 is 1.03 bits per heavy atom. The zero-order chi connectivity index (χ0) is 21.3. The molecule has 4 rings (SSSR count). The first kappa shape index (κ1) is 20.3. The molecule has 154 valence electrons. The zero-order valence-electron chi connectivity index (χ0n) is 18.0. The van der Waals surface area contributed by atoms with Crippen molar-refractivity contribution in [2.24, 2.45) is 4.99 Å². The molecule has 0 saturated heterocycles. The normalized spacial score (nSPS) is 16.1. The molecule has 2 heterocycles. The summed E-state index contributed by atoms with van der Waals surface area (Å²) >= 11 is 0. The lowest BCUT2D eigenvalue weighted by molar-refractivity contribution is 0.218. The van der Waals surface area contributed by atoms with Crippen molar-refractivity contribution in [3.8, 4) is 11.1 Å². The van der Waals surface area contributed by atoms with Gasteiger partial charge in [0.15, 0.2) is 0 Å². The van der Waals surface area contributed by atoms with E-state index >= 15 is 0 Å². The second-order valence-electron chi connectivity index (χ2n) is 8.41. The lowest BCUT2D eigenvalue weighted by atomic mass is 9.92. The number of aliphatic hydroxyl groups excluding tert-OH is 1. The largest absolute Gasteiger partial charge is 0.475 e. The highest BCUT2D eigenvalue weighted by Crippen LogP contribution is 2.32. The predicted molar refractivity (Wildman–Crippen MR) is 121 cm³/mol. The molecule has 0 amide bonds. The van der Waals surface area contributed by atoms with Crippen molar-refractivity contribution in [3.05, 3.63) is 88.7 Å². The van der Waals surface area contributed by atoms with Crippen LogP contribution in [-0.4, -0.2) is 28.1 Å². The smallest absolute Gasteiger partial charge is 0.217 e. The summed E-state index contributed by atoms with van der Waals surface area (Å²) in [5, 5.41) is 11.1. The molecule has 3 aromatic rings. The molecule has 0 radical (unpaired) electrons. The minimum absolute atomic E-state index is 0.199. The standard InChI is InChI=1S/C26H28N2O2/c1-5-18-14-15-27-17(2)23(18)24(29)20-12-10-19(11-13-20)21-8-6-7-9-22(21)25-28-26(3,4)16-30-25/h6-15,24,29H,5,16H2,1-4H3. The fraction of sp³-hybridized carbons (Fsp3) is 0.308. The summed E-state index contributed by atoms with van der Waals surface area (Å²) < 4.78 is 5.88. The fourth-order valence-corrected chi connectivity index (χ4v) is 3.97. The average Bonchev–Trinajstić information content (AvgIpc) is 3.12. The third-order valence-corrected chi connectivity index (χ3v) is 5.60. The van der Waals surface area contributed by atoms with Crippen molar-refractivity contribution in [1.82, 2.24) is 4.98 Å². The summed E-state index contributed by atoms with van der Waals surface area (Å²) in [5.74, 6) is 0.693. The Labute approximate surface area is 178 Å². The molecule has 1 atom stereocenters. The van der Waals surface area contributed by atoms with Gasteiger partial charge in [-0.2, -0.15) is 0 Å². The molecule has 1 aromatic heterocycles. The molecule has 0 saturated carbocycles. The summed E-state index contributed by atoms with van der Waals surface area (Å²) in [6, 6.07) is 18.2. The number of aryl methyl sites for hydroxylation is 2. The monoisotopic (exact) mass is 400 g/mol. The Hall–Kier alpha value is -2.98. The van der Waals surface area contributed by atoms with E-state index in [1.165, 1.54) is 0 Å². The first-order chi connectivity index (χ1) is 14.4. The molecule has 0 aliphatic carbocycles. The van der Waals surface area contributed by atoms with Crippen molar-refractivity contribution < 1.29 is 9.84 Å². The maximum atomic E-state index is 11.1. The number of nitrogens with zero attached hydrogens (tertiary/aromatic N) is 2. The van der Waals surface area contributed by atoms with Crippen LogP contribution in [0.3, 0.4) is 0 Å². The molecular weight excluding hydrogens is 372 g/mol. The topological polar surface area (TPSA) is 54.7 Å². The highest BCUT2D eigenvalue weighted by Gasteiger charge is 2.28. The first-order valence-corrected chi connectivity index (χ1v) is 10.4. The Bertz CT molecular complexity index is 1080. The van der Waals surface area contributed by atoms with E-state index in [1.54, 1.807) is 6.20 Å². The predicted octanol–water partition coefficient (Wildman–Crippen LogP) is 5.26. The van der Waals surface area contributed by atoms with Crippen molar-refractivity contribution in [2.45, 2.75) is 45.8 Å². The summed E-state index contributed by atoms with van der Waals surface area (Å²) in [7, 11) is 0. The molecule has 1 aliphatic heterocycles. The zero-order valence-corrected chi connectivity index (χ0v) is 18.0. The van der Waals surface area contributed by atoms with E-state index in [-0.39, 0.29) is 5.54 Å². The van der Waals surface area contributed by atoms with Crippen molar-refractivity contribution in [2.75, 3.05) is 6.61 Å². The van der Waals surface area contributed by atoms with Gasteiger partial charge in [0, 0.05) is 23.0 Å². The van der Waals surface area contributed by atoms with E-state index in [0.717, 1.165) is 45.5 Å². The van der Waals surface area contributed by atoms with E-state index in [1.807, 2.05) is 43.3 Å². The molecule has 30 heavy (non-hydrogen) atoms. The van der Waals surface area contributed by atoms with Gasteiger partial charge in [-0.05, 0) is 61.6 Å². The Kier molecular flexibility index (Phi) is 5.44. The number of rotatable bonds is 5. The summed E-state index contributed by atoms with van der Waals surface area (Å²) in [5.41, 5.74) is 6.70. The molecule has 0 spiro atoms. The maximum absolute atomic E-state index is 11.1. The summed E-state index contributed by atoms with van der Waals surface area (Å²) in [6.07, 6.45) is 1.97. The van der Waals surface area contributed by atoms with Gasteiger partial charge in [-0.25, -0.2) is 4.99 Å². The first-order valence-electron chi connectivity index (χ1n) is 10.4. The molecule has 2 aromatic carbocycles. The van der Waals surface area contributed by atoms with E-state index in [0.29, 0.717) is 12.5 Å². The number of ether oxygens (including phenoxy) is 1. The van der Waals surface area contributed by atoms with Crippen molar-refractivity contribution in [1.29, 1.82) is 0 Å². The minimum atomic E-state index is -0.693. The Morgan fingerprint density at radius 3 is 2.37 bits per heavy atom. The number of aliphatic imine (C=N–C) groups is 1. The van der Waals surface area contributed by atoms with Gasteiger partial charge in [0.1, 0.15) is 12.7 Å². The summed E-state index contributed by atoms with van der Waals surface area (Å²) in [6.45, 7) is 8.78. The van der Waals surface area contributed by atoms with Gasteiger partial charge in [0.05, 0.1) is 5.54 Å². The number of benzene rings is 2. The molecule has 1 unspecified atom stereocenters. The minimum Gasteiger partial charge on any atom is -0.475 e. The van der Waals surface area contributed by atoms with Crippen LogP contribution in [-0.2, 0) is 11.2 Å². The Balaban J connectivity index is 1.68. The van der Waals surface area contributed by atoms with Crippen LogP contribution >= 0.6 is 0 Å². The molecular formula is C26H28N2O2. The highest BCUT2D eigenvalue weighted by molar-refractivity contribution is 6.01. The molecule has 4 heteroatoms. The number of aliphatic hydroxyl groups is 1. The van der Waals surface area contributed by atoms with Crippen LogP contribution in [0.4, 0.5) is 0 Å². The summed E-state index contributed by atoms with van der Waals surface area (Å²) in [4.78, 5) is 9.12. The van der Waals surface area contributed by atoms with Gasteiger partial charge in [0.2, 0.25) is 5.90 Å². The van der Waals surface area contributed by atoms with Gasteiger partial charge in [0.25, 0.3) is 0 Å². The average molecular weight is 401 g/mol. The van der Waals surface area contributed by atoms with Gasteiger partial charge in [-0.3, -0.25) is 4.98 Å². The van der Waals surface area contributed by atoms with E-state index in [4.69, 9.17) is 9.73 Å². The van der Waals surface area contributed by atoms with Crippen LogP contribution in [0, 0.1) is 6.92 Å².